The van der Waals surface area contributed by atoms with Crippen molar-refractivity contribution in [3.8, 4) is 5.75 Å². The summed E-state index contributed by atoms with van der Waals surface area (Å²) in [5.41, 5.74) is 6.63. The molecule has 4 heteroatoms. The van der Waals surface area contributed by atoms with Crippen LogP contribution in [0.4, 0.5) is 0 Å². The summed E-state index contributed by atoms with van der Waals surface area (Å²) in [5.74, 6) is 0.998. The molecular weight excluding hydrogens is 252 g/mol. The first-order valence-corrected chi connectivity index (χ1v) is 7.43. The van der Waals surface area contributed by atoms with Crippen LogP contribution in [-0.2, 0) is 0 Å². The highest BCUT2D eigenvalue weighted by Gasteiger charge is 2.17. The molecule has 2 rings (SSSR count). The zero-order valence-electron chi connectivity index (χ0n) is 12.2. The standard InChI is InChI=1S/C16H24N2O2/c1-2-16(19)13-4-6-15(7-5-13)20-11-3-9-18-10-8-14(17)12-18/h4-7,14H,2-3,8-12,17H2,1H3. The molecule has 0 saturated carbocycles. The summed E-state index contributed by atoms with van der Waals surface area (Å²) in [7, 11) is 0. The highest BCUT2D eigenvalue weighted by molar-refractivity contribution is 5.95. The normalized spacial score (nSPS) is 19.2. The lowest BCUT2D eigenvalue weighted by Crippen LogP contribution is -2.28. The highest BCUT2D eigenvalue weighted by Crippen LogP contribution is 2.14. The molecule has 0 aliphatic carbocycles. The number of rotatable bonds is 7. The molecule has 1 saturated heterocycles. The Morgan fingerprint density at radius 3 is 2.75 bits per heavy atom. The van der Waals surface area contributed by atoms with Crippen molar-refractivity contribution in [1.82, 2.24) is 4.90 Å². The molecule has 1 aliphatic heterocycles. The fourth-order valence-corrected chi connectivity index (χ4v) is 2.49. The Morgan fingerprint density at radius 2 is 2.15 bits per heavy atom. The molecule has 2 N–H and O–H groups in total. The van der Waals surface area contributed by atoms with Gasteiger partial charge < -0.3 is 15.4 Å². The fourth-order valence-electron chi connectivity index (χ4n) is 2.49. The van der Waals surface area contributed by atoms with Crippen molar-refractivity contribution in [2.75, 3.05) is 26.2 Å². The quantitative estimate of drug-likeness (QED) is 0.612. The van der Waals surface area contributed by atoms with Gasteiger partial charge in [0.05, 0.1) is 6.61 Å². The van der Waals surface area contributed by atoms with Gasteiger partial charge in [0.2, 0.25) is 0 Å². The molecule has 0 bridgehead atoms. The van der Waals surface area contributed by atoms with E-state index in [1.54, 1.807) is 0 Å². The second kappa shape index (κ2) is 7.41. The van der Waals surface area contributed by atoms with Crippen molar-refractivity contribution in [3.63, 3.8) is 0 Å². The maximum Gasteiger partial charge on any atom is 0.162 e. The number of hydrogen-bond donors (Lipinski definition) is 1. The van der Waals surface area contributed by atoms with E-state index < -0.39 is 0 Å². The number of Topliss-reactive ketones (excluding diaryl/α,β-unsaturated/α-hetero) is 1. The summed E-state index contributed by atoms with van der Waals surface area (Å²) in [5, 5.41) is 0. The second-order valence-electron chi connectivity index (χ2n) is 5.35. The zero-order valence-corrected chi connectivity index (χ0v) is 12.2. The third kappa shape index (κ3) is 4.32. The number of carbonyl (C=O) groups excluding carboxylic acids is 1. The molecule has 4 nitrogen and oxygen atoms in total. The molecule has 0 aromatic heterocycles. The van der Waals surface area contributed by atoms with E-state index in [0.717, 1.165) is 43.8 Å². The number of ether oxygens (including phenoxy) is 1. The Bertz CT molecular complexity index is 431. The Hall–Kier alpha value is -1.39. The average molecular weight is 276 g/mol. The number of likely N-dealkylation sites (tertiary alicyclic amines) is 1. The van der Waals surface area contributed by atoms with Gasteiger partial charge in [0, 0.05) is 31.1 Å². The molecule has 1 atom stereocenters. The van der Waals surface area contributed by atoms with Gasteiger partial charge in [-0.1, -0.05) is 6.92 Å². The lowest BCUT2D eigenvalue weighted by atomic mass is 10.1. The van der Waals surface area contributed by atoms with Gasteiger partial charge in [0.15, 0.2) is 5.78 Å². The van der Waals surface area contributed by atoms with Crippen LogP contribution in [0.2, 0.25) is 0 Å². The smallest absolute Gasteiger partial charge is 0.162 e. The van der Waals surface area contributed by atoms with Gasteiger partial charge in [-0.25, -0.2) is 0 Å². The van der Waals surface area contributed by atoms with Crippen LogP contribution < -0.4 is 10.5 Å². The second-order valence-corrected chi connectivity index (χ2v) is 5.35. The lowest BCUT2D eigenvalue weighted by molar-refractivity contribution is 0.0988. The van der Waals surface area contributed by atoms with Crippen molar-refractivity contribution in [3.05, 3.63) is 29.8 Å². The van der Waals surface area contributed by atoms with Gasteiger partial charge in [-0.05, 0) is 43.7 Å². The summed E-state index contributed by atoms with van der Waals surface area (Å²) in [6.45, 7) is 5.73. The number of hydrogen-bond acceptors (Lipinski definition) is 4. The maximum absolute atomic E-state index is 11.5. The van der Waals surface area contributed by atoms with Gasteiger partial charge >= 0.3 is 0 Å². The average Bonchev–Trinajstić information content (AvgIpc) is 2.89. The third-order valence-corrected chi connectivity index (χ3v) is 3.69. The van der Waals surface area contributed by atoms with Crippen molar-refractivity contribution < 1.29 is 9.53 Å². The molecule has 1 unspecified atom stereocenters. The molecule has 20 heavy (non-hydrogen) atoms. The van der Waals surface area contributed by atoms with Gasteiger partial charge in [0.1, 0.15) is 5.75 Å². The van der Waals surface area contributed by atoms with E-state index in [-0.39, 0.29) is 5.78 Å². The van der Waals surface area contributed by atoms with E-state index in [9.17, 15) is 4.79 Å². The first kappa shape index (κ1) is 15.0. The molecule has 0 amide bonds. The molecule has 0 spiro atoms. The monoisotopic (exact) mass is 276 g/mol. The molecule has 1 aliphatic rings. The van der Waals surface area contributed by atoms with Crippen LogP contribution in [0, 0.1) is 0 Å². The van der Waals surface area contributed by atoms with Gasteiger partial charge in [-0.2, -0.15) is 0 Å². The van der Waals surface area contributed by atoms with Crippen LogP contribution in [-0.4, -0.2) is 43.0 Å². The molecule has 1 aromatic carbocycles. The summed E-state index contributed by atoms with van der Waals surface area (Å²) >= 11 is 0. The Labute approximate surface area is 120 Å². The molecule has 1 fully saturated rings. The maximum atomic E-state index is 11.5. The van der Waals surface area contributed by atoms with Crippen LogP contribution in [0.1, 0.15) is 36.5 Å². The number of nitrogens with two attached hydrogens (primary N) is 1. The number of carbonyl (C=O) groups is 1. The van der Waals surface area contributed by atoms with Crippen LogP contribution in [0.5, 0.6) is 5.75 Å². The first-order chi connectivity index (χ1) is 9.69. The summed E-state index contributed by atoms with van der Waals surface area (Å²) < 4.78 is 5.69. The Morgan fingerprint density at radius 1 is 1.40 bits per heavy atom. The van der Waals surface area contributed by atoms with Crippen molar-refractivity contribution in [1.29, 1.82) is 0 Å². The largest absolute Gasteiger partial charge is 0.494 e. The summed E-state index contributed by atoms with van der Waals surface area (Å²) in [6.07, 6.45) is 2.65. The number of ketones is 1. The third-order valence-electron chi connectivity index (χ3n) is 3.69. The van der Waals surface area contributed by atoms with E-state index in [2.05, 4.69) is 4.90 Å². The predicted molar refractivity (Wildman–Crippen MR) is 80.2 cm³/mol. The predicted octanol–water partition coefficient (Wildman–Crippen LogP) is 2.08. The minimum Gasteiger partial charge on any atom is -0.494 e. The minimum atomic E-state index is 0.168. The highest BCUT2D eigenvalue weighted by atomic mass is 16.5. The van der Waals surface area contributed by atoms with E-state index in [1.807, 2.05) is 31.2 Å². The van der Waals surface area contributed by atoms with E-state index in [1.165, 1.54) is 0 Å². The number of benzene rings is 1. The first-order valence-electron chi connectivity index (χ1n) is 7.43. The summed E-state index contributed by atoms with van der Waals surface area (Å²) in [4.78, 5) is 13.9. The van der Waals surface area contributed by atoms with Crippen molar-refractivity contribution in [2.24, 2.45) is 5.73 Å². The molecular formula is C16H24N2O2. The van der Waals surface area contributed by atoms with Crippen molar-refractivity contribution >= 4 is 5.78 Å². The van der Waals surface area contributed by atoms with Gasteiger partial charge in [-0.15, -0.1) is 0 Å². The molecule has 110 valence electrons. The number of nitrogens with zero attached hydrogens (tertiary/aromatic N) is 1. The topological polar surface area (TPSA) is 55.6 Å². The molecule has 0 radical (unpaired) electrons. The Kier molecular flexibility index (Phi) is 5.56. The minimum absolute atomic E-state index is 0.168. The van der Waals surface area contributed by atoms with Crippen LogP contribution in [0.25, 0.3) is 0 Å². The van der Waals surface area contributed by atoms with Crippen LogP contribution >= 0.6 is 0 Å². The SMILES string of the molecule is CCC(=O)c1ccc(OCCCN2CCC(N)C2)cc1. The van der Waals surface area contributed by atoms with E-state index in [0.29, 0.717) is 19.1 Å². The molecule has 1 heterocycles. The van der Waals surface area contributed by atoms with E-state index >= 15 is 0 Å². The fraction of sp³-hybridized carbons (Fsp3) is 0.562. The van der Waals surface area contributed by atoms with Crippen LogP contribution in [0.15, 0.2) is 24.3 Å². The van der Waals surface area contributed by atoms with Gasteiger partial charge in [0.25, 0.3) is 0 Å². The lowest BCUT2D eigenvalue weighted by Gasteiger charge is -2.15. The van der Waals surface area contributed by atoms with E-state index in [4.69, 9.17) is 10.5 Å². The zero-order chi connectivity index (χ0) is 14.4. The van der Waals surface area contributed by atoms with Gasteiger partial charge in [-0.3, -0.25) is 4.79 Å². The van der Waals surface area contributed by atoms with Crippen molar-refractivity contribution in [2.45, 2.75) is 32.2 Å². The van der Waals surface area contributed by atoms with Crippen LogP contribution in [0.3, 0.4) is 0 Å². The summed E-state index contributed by atoms with van der Waals surface area (Å²) in [6, 6.07) is 7.75. The Balaban J connectivity index is 1.67. The molecule has 1 aromatic rings.